The van der Waals surface area contributed by atoms with Crippen molar-refractivity contribution < 1.29 is 14.3 Å². The Hall–Kier alpha value is -1.32. The van der Waals surface area contributed by atoms with Gasteiger partial charge in [-0.2, -0.15) is 0 Å². The molecule has 1 aliphatic rings. The van der Waals surface area contributed by atoms with Crippen molar-refractivity contribution in [2.75, 3.05) is 19.7 Å². The number of amides is 1. The van der Waals surface area contributed by atoms with Crippen LogP contribution in [-0.2, 0) is 14.3 Å². The number of carbonyl (C=O) groups is 2. The van der Waals surface area contributed by atoms with Crippen LogP contribution in [0.5, 0.6) is 0 Å². The average molecular weight is 210 g/mol. The molecule has 0 aromatic carbocycles. The van der Waals surface area contributed by atoms with E-state index in [1.165, 1.54) is 0 Å². The highest BCUT2D eigenvalue weighted by atomic mass is 16.5. The first-order chi connectivity index (χ1) is 7.19. The van der Waals surface area contributed by atoms with Gasteiger partial charge in [0.1, 0.15) is 0 Å². The summed E-state index contributed by atoms with van der Waals surface area (Å²) in [6, 6.07) is 0. The van der Waals surface area contributed by atoms with Crippen LogP contribution in [0.2, 0.25) is 0 Å². The minimum atomic E-state index is -0.219. The summed E-state index contributed by atoms with van der Waals surface area (Å²) in [5.74, 6) is -0.626. The molecule has 83 valence electrons. The maximum absolute atomic E-state index is 11.5. The normalized spacial score (nSPS) is 20.9. The fourth-order valence-electron chi connectivity index (χ4n) is 1.74. The molecule has 1 heterocycles. The van der Waals surface area contributed by atoms with Crippen LogP contribution < -0.4 is 0 Å². The Labute approximate surface area is 89.9 Å². The fourth-order valence-corrected chi connectivity index (χ4v) is 1.74. The molecule has 0 saturated carbocycles. The van der Waals surface area contributed by atoms with E-state index < -0.39 is 0 Å². The van der Waals surface area contributed by atoms with Gasteiger partial charge in [-0.1, -0.05) is 6.58 Å². The van der Waals surface area contributed by atoms with Crippen LogP contribution in [0.15, 0.2) is 6.08 Å². The molecule has 4 nitrogen and oxygen atoms in total. The molecule has 0 N–H and O–H groups in total. The number of carbonyl (C=O) groups excluding carboxylic acids is 2. The van der Waals surface area contributed by atoms with Gasteiger partial charge in [0.2, 0.25) is 5.91 Å². The van der Waals surface area contributed by atoms with E-state index in [-0.39, 0.29) is 17.8 Å². The highest BCUT2D eigenvalue weighted by Crippen LogP contribution is 2.17. The number of nitrogens with zero attached hydrogens (tertiary/aromatic N) is 1. The van der Waals surface area contributed by atoms with Gasteiger partial charge in [-0.15, -0.1) is 0 Å². The summed E-state index contributed by atoms with van der Waals surface area (Å²) >= 11 is 0. The third-order valence-corrected chi connectivity index (χ3v) is 2.50. The first-order valence-corrected chi connectivity index (χ1v) is 5.19. The smallest absolute Gasteiger partial charge is 0.310 e. The van der Waals surface area contributed by atoms with Gasteiger partial charge in [-0.05, 0) is 19.8 Å². The summed E-state index contributed by atoms with van der Waals surface area (Å²) in [7, 11) is 0. The van der Waals surface area contributed by atoms with Crippen molar-refractivity contribution in [2.24, 2.45) is 5.92 Å². The standard InChI is InChI=1S/C11H16NO3/c1-3-10(13)12-7-5-6-9(8-12)11(14)15-4-2/h1,3,9H,4-8H2,2H3. The van der Waals surface area contributed by atoms with Gasteiger partial charge >= 0.3 is 5.97 Å². The van der Waals surface area contributed by atoms with Gasteiger partial charge in [0.15, 0.2) is 0 Å². The largest absolute Gasteiger partial charge is 0.466 e. The van der Waals surface area contributed by atoms with Gasteiger partial charge in [0.05, 0.1) is 12.5 Å². The van der Waals surface area contributed by atoms with Gasteiger partial charge < -0.3 is 9.64 Å². The van der Waals surface area contributed by atoms with Crippen molar-refractivity contribution in [1.82, 2.24) is 4.90 Å². The third-order valence-electron chi connectivity index (χ3n) is 2.50. The van der Waals surface area contributed by atoms with E-state index in [1.807, 2.05) is 0 Å². The van der Waals surface area contributed by atoms with Gasteiger partial charge in [-0.3, -0.25) is 9.59 Å². The lowest BCUT2D eigenvalue weighted by Crippen LogP contribution is -2.42. The van der Waals surface area contributed by atoms with Gasteiger partial charge in [0, 0.05) is 19.2 Å². The lowest BCUT2D eigenvalue weighted by atomic mass is 9.98. The van der Waals surface area contributed by atoms with Gasteiger partial charge in [-0.25, -0.2) is 0 Å². The molecule has 1 rings (SSSR count). The molecule has 0 aliphatic carbocycles. The minimum absolute atomic E-state index is 0.192. The lowest BCUT2D eigenvalue weighted by Gasteiger charge is -2.30. The topological polar surface area (TPSA) is 46.6 Å². The second-order valence-corrected chi connectivity index (χ2v) is 3.54. The number of rotatable bonds is 3. The third kappa shape index (κ3) is 3.08. The first-order valence-electron chi connectivity index (χ1n) is 5.19. The highest BCUT2D eigenvalue weighted by Gasteiger charge is 2.28. The van der Waals surface area contributed by atoms with Crippen molar-refractivity contribution in [3.05, 3.63) is 12.7 Å². The van der Waals surface area contributed by atoms with E-state index in [4.69, 9.17) is 11.3 Å². The summed E-state index contributed by atoms with van der Waals surface area (Å²) in [5, 5.41) is 0. The predicted octanol–water partition coefficient (Wildman–Crippen LogP) is 0.777. The maximum atomic E-state index is 11.5. The quantitative estimate of drug-likeness (QED) is 0.511. The van der Waals surface area contributed by atoms with Crippen molar-refractivity contribution in [1.29, 1.82) is 0 Å². The molecule has 1 unspecified atom stereocenters. The molecule has 0 spiro atoms. The van der Waals surface area contributed by atoms with Crippen LogP contribution in [0.4, 0.5) is 0 Å². The number of esters is 1. The average Bonchev–Trinajstić information content (AvgIpc) is 2.28. The second kappa shape index (κ2) is 5.53. The van der Waals surface area contributed by atoms with E-state index in [0.717, 1.165) is 18.9 Å². The molecule has 4 heteroatoms. The monoisotopic (exact) mass is 210 g/mol. The Morgan fingerprint density at radius 3 is 2.93 bits per heavy atom. The van der Waals surface area contributed by atoms with E-state index in [2.05, 4.69) is 0 Å². The van der Waals surface area contributed by atoms with Crippen LogP contribution in [-0.4, -0.2) is 36.5 Å². The first kappa shape index (κ1) is 11.8. The number of hydrogen-bond donors (Lipinski definition) is 0. The van der Waals surface area contributed by atoms with E-state index in [0.29, 0.717) is 19.7 Å². The van der Waals surface area contributed by atoms with E-state index in [9.17, 15) is 9.59 Å². The lowest BCUT2D eigenvalue weighted by molar-refractivity contribution is -0.150. The number of ether oxygens (including phenoxy) is 1. The van der Waals surface area contributed by atoms with Crippen LogP contribution in [0.25, 0.3) is 0 Å². The zero-order chi connectivity index (χ0) is 11.3. The minimum Gasteiger partial charge on any atom is -0.466 e. The van der Waals surface area contributed by atoms with Crippen molar-refractivity contribution in [3.63, 3.8) is 0 Å². The molecule has 1 saturated heterocycles. The number of piperidine rings is 1. The molecule has 1 atom stereocenters. The SMILES string of the molecule is [CH]=CC(=O)N1CCCC(C(=O)OCC)C1. The summed E-state index contributed by atoms with van der Waals surface area (Å²) in [4.78, 5) is 24.3. The van der Waals surface area contributed by atoms with Crippen molar-refractivity contribution in [2.45, 2.75) is 19.8 Å². The van der Waals surface area contributed by atoms with Crippen LogP contribution in [0.3, 0.4) is 0 Å². The fraction of sp³-hybridized carbons (Fsp3) is 0.636. The van der Waals surface area contributed by atoms with Crippen LogP contribution in [0, 0.1) is 12.5 Å². The summed E-state index contributed by atoms with van der Waals surface area (Å²) in [6.45, 7) is 8.40. The second-order valence-electron chi connectivity index (χ2n) is 3.54. The molecule has 0 aromatic heterocycles. The van der Waals surface area contributed by atoms with Crippen LogP contribution >= 0.6 is 0 Å². The molecular formula is C11H16NO3. The molecule has 0 bridgehead atoms. The number of hydrogen-bond acceptors (Lipinski definition) is 3. The predicted molar refractivity (Wildman–Crippen MR) is 54.8 cm³/mol. The number of likely N-dealkylation sites (tertiary alicyclic amines) is 1. The Morgan fingerprint density at radius 2 is 2.33 bits per heavy atom. The molecule has 15 heavy (non-hydrogen) atoms. The molecule has 1 aliphatic heterocycles. The van der Waals surface area contributed by atoms with E-state index >= 15 is 0 Å². The zero-order valence-electron chi connectivity index (χ0n) is 8.94. The Kier molecular flexibility index (Phi) is 4.34. The van der Waals surface area contributed by atoms with Crippen LogP contribution in [0.1, 0.15) is 19.8 Å². The molecule has 0 aromatic rings. The van der Waals surface area contributed by atoms with Gasteiger partial charge in [0.25, 0.3) is 0 Å². The summed E-state index contributed by atoms with van der Waals surface area (Å²) < 4.78 is 4.92. The maximum Gasteiger partial charge on any atom is 0.310 e. The summed E-state index contributed by atoms with van der Waals surface area (Å²) in [6.07, 6.45) is 2.64. The van der Waals surface area contributed by atoms with Crippen molar-refractivity contribution in [3.8, 4) is 0 Å². The molecule has 1 amide bonds. The molecule has 1 radical (unpaired) electrons. The van der Waals surface area contributed by atoms with E-state index in [1.54, 1.807) is 11.8 Å². The molecule has 1 fully saturated rings. The Bertz CT molecular complexity index is 263. The Balaban J connectivity index is 2.52. The zero-order valence-corrected chi connectivity index (χ0v) is 8.94. The molecular weight excluding hydrogens is 194 g/mol. The Morgan fingerprint density at radius 1 is 1.60 bits per heavy atom. The highest BCUT2D eigenvalue weighted by molar-refractivity contribution is 5.87. The summed E-state index contributed by atoms with van der Waals surface area (Å²) in [5.41, 5.74) is 0. The van der Waals surface area contributed by atoms with Crippen molar-refractivity contribution >= 4 is 11.9 Å².